The fourth-order valence-electron chi connectivity index (χ4n) is 3.52. The van der Waals surface area contributed by atoms with Crippen LogP contribution in [0.4, 0.5) is 0 Å². The molecule has 2 aromatic carbocycles. The van der Waals surface area contributed by atoms with Gasteiger partial charge in [0.1, 0.15) is 5.75 Å². The standard InChI is InChI=1S/C20H23NO3/c1-14-2-4-15(5-3-14)18-8-9-21-11-16(18)12-22-17-6-7-19-20(10-17)24-13-23-19/h2-7,10,16,18,21H,8-9,11-13H2,1H3/t16-,18-/m1/s1. The molecule has 126 valence electrons. The van der Waals surface area contributed by atoms with E-state index < -0.39 is 0 Å². The molecule has 2 aliphatic heterocycles. The number of aryl methyl sites for hydroxylation is 1. The summed E-state index contributed by atoms with van der Waals surface area (Å²) in [4.78, 5) is 0. The molecule has 24 heavy (non-hydrogen) atoms. The van der Waals surface area contributed by atoms with Gasteiger partial charge in [-0.25, -0.2) is 0 Å². The van der Waals surface area contributed by atoms with Gasteiger partial charge < -0.3 is 19.5 Å². The van der Waals surface area contributed by atoms with E-state index >= 15 is 0 Å². The van der Waals surface area contributed by atoms with E-state index in [0.29, 0.717) is 25.2 Å². The molecule has 0 amide bonds. The summed E-state index contributed by atoms with van der Waals surface area (Å²) in [6.07, 6.45) is 1.15. The van der Waals surface area contributed by atoms with E-state index in [9.17, 15) is 0 Å². The minimum atomic E-state index is 0.292. The van der Waals surface area contributed by atoms with Gasteiger partial charge in [-0.05, 0) is 43.5 Å². The Bertz CT molecular complexity index is 699. The third-order valence-corrected chi connectivity index (χ3v) is 4.92. The Morgan fingerprint density at radius 3 is 2.79 bits per heavy atom. The van der Waals surface area contributed by atoms with Gasteiger partial charge in [0, 0.05) is 18.5 Å². The molecule has 4 rings (SSSR count). The van der Waals surface area contributed by atoms with Gasteiger partial charge in [-0.1, -0.05) is 29.8 Å². The maximum atomic E-state index is 6.07. The molecule has 0 radical (unpaired) electrons. The summed E-state index contributed by atoms with van der Waals surface area (Å²) in [5.41, 5.74) is 2.72. The van der Waals surface area contributed by atoms with Crippen molar-refractivity contribution < 1.29 is 14.2 Å². The number of ether oxygens (including phenoxy) is 3. The molecule has 4 heteroatoms. The molecule has 2 heterocycles. The molecule has 0 bridgehead atoms. The largest absolute Gasteiger partial charge is 0.493 e. The molecule has 2 aliphatic rings. The second-order valence-electron chi connectivity index (χ2n) is 6.60. The number of hydrogen-bond acceptors (Lipinski definition) is 4. The van der Waals surface area contributed by atoms with Crippen LogP contribution in [-0.2, 0) is 0 Å². The fourth-order valence-corrected chi connectivity index (χ4v) is 3.52. The minimum absolute atomic E-state index is 0.292. The lowest BCUT2D eigenvalue weighted by Gasteiger charge is -2.32. The van der Waals surface area contributed by atoms with E-state index in [2.05, 4.69) is 36.5 Å². The van der Waals surface area contributed by atoms with Gasteiger partial charge in [-0.2, -0.15) is 0 Å². The number of rotatable bonds is 4. The molecule has 1 fully saturated rings. The predicted molar refractivity (Wildman–Crippen MR) is 93.0 cm³/mol. The van der Waals surface area contributed by atoms with Crippen molar-refractivity contribution in [2.75, 3.05) is 26.5 Å². The minimum Gasteiger partial charge on any atom is -0.493 e. The van der Waals surface area contributed by atoms with Crippen molar-refractivity contribution in [1.82, 2.24) is 5.32 Å². The van der Waals surface area contributed by atoms with Crippen molar-refractivity contribution in [3.8, 4) is 17.2 Å². The molecule has 0 unspecified atom stereocenters. The molecular weight excluding hydrogens is 302 g/mol. The average Bonchev–Trinajstić information content (AvgIpc) is 3.09. The highest BCUT2D eigenvalue weighted by Crippen LogP contribution is 2.36. The Morgan fingerprint density at radius 1 is 1.08 bits per heavy atom. The normalized spacial score (nSPS) is 22.4. The Morgan fingerprint density at radius 2 is 1.92 bits per heavy atom. The summed E-state index contributed by atoms with van der Waals surface area (Å²) in [5, 5.41) is 3.50. The topological polar surface area (TPSA) is 39.7 Å². The van der Waals surface area contributed by atoms with E-state index in [4.69, 9.17) is 14.2 Å². The van der Waals surface area contributed by atoms with E-state index in [0.717, 1.165) is 36.8 Å². The molecular formula is C20H23NO3. The molecule has 0 aliphatic carbocycles. The van der Waals surface area contributed by atoms with E-state index in [1.807, 2.05) is 18.2 Å². The zero-order chi connectivity index (χ0) is 16.4. The van der Waals surface area contributed by atoms with Gasteiger partial charge in [0.25, 0.3) is 0 Å². The maximum absolute atomic E-state index is 6.07. The monoisotopic (exact) mass is 325 g/mol. The number of nitrogens with one attached hydrogen (secondary N) is 1. The maximum Gasteiger partial charge on any atom is 0.231 e. The van der Waals surface area contributed by atoms with Gasteiger partial charge >= 0.3 is 0 Å². The van der Waals surface area contributed by atoms with Crippen molar-refractivity contribution in [3.63, 3.8) is 0 Å². The van der Waals surface area contributed by atoms with Crippen LogP contribution in [-0.4, -0.2) is 26.5 Å². The Hall–Kier alpha value is -2.20. The number of hydrogen-bond donors (Lipinski definition) is 1. The highest BCUT2D eigenvalue weighted by Gasteiger charge is 2.27. The highest BCUT2D eigenvalue weighted by molar-refractivity contribution is 5.46. The zero-order valence-electron chi connectivity index (χ0n) is 14.0. The number of piperidine rings is 1. The molecule has 0 saturated carbocycles. The van der Waals surface area contributed by atoms with Crippen LogP contribution in [0.3, 0.4) is 0 Å². The van der Waals surface area contributed by atoms with Crippen LogP contribution in [0.1, 0.15) is 23.5 Å². The summed E-state index contributed by atoms with van der Waals surface area (Å²) in [5.74, 6) is 3.41. The first-order chi connectivity index (χ1) is 11.8. The number of fused-ring (bicyclic) bond motifs is 1. The zero-order valence-corrected chi connectivity index (χ0v) is 14.0. The SMILES string of the molecule is Cc1ccc([C@H]2CCNC[C@@H]2COc2ccc3c(c2)OCO3)cc1. The van der Waals surface area contributed by atoms with Crippen LogP contribution >= 0.6 is 0 Å². The lowest BCUT2D eigenvalue weighted by Crippen LogP contribution is -2.38. The van der Waals surface area contributed by atoms with Crippen LogP contribution < -0.4 is 19.5 Å². The first kappa shape index (κ1) is 15.3. The van der Waals surface area contributed by atoms with E-state index in [1.54, 1.807) is 0 Å². The van der Waals surface area contributed by atoms with E-state index in [-0.39, 0.29) is 0 Å². The average molecular weight is 325 g/mol. The van der Waals surface area contributed by atoms with E-state index in [1.165, 1.54) is 11.1 Å². The molecule has 2 atom stereocenters. The van der Waals surface area contributed by atoms with Crippen molar-refractivity contribution >= 4 is 0 Å². The van der Waals surface area contributed by atoms with Gasteiger partial charge in [0.2, 0.25) is 6.79 Å². The second kappa shape index (κ2) is 6.73. The van der Waals surface area contributed by atoms with Crippen LogP contribution in [0.2, 0.25) is 0 Å². The Kier molecular flexibility index (Phi) is 4.30. The second-order valence-corrected chi connectivity index (χ2v) is 6.60. The molecule has 1 saturated heterocycles. The third-order valence-electron chi connectivity index (χ3n) is 4.92. The lowest BCUT2D eigenvalue weighted by atomic mass is 9.81. The van der Waals surface area contributed by atoms with Crippen LogP contribution in [0, 0.1) is 12.8 Å². The lowest BCUT2D eigenvalue weighted by molar-refractivity contribution is 0.173. The smallest absolute Gasteiger partial charge is 0.231 e. The molecule has 0 aromatic heterocycles. The molecule has 0 spiro atoms. The van der Waals surface area contributed by atoms with Gasteiger partial charge in [0.15, 0.2) is 11.5 Å². The molecule has 2 aromatic rings. The molecule has 4 nitrogen and oxygen atoms in total. The third kappa shape index (κ3) is 3.20. The Labute approximate surface area is 142 Å². The van der Waals surface area contributed by atoms with Gasteiger partial charge in [-0.15, -0.1) is 0 Å². The number of benzene rings is 2. The first-order valence-electron chi connectivity index (χ1n) is 8.59. The van der Waals surface area contributed by atoms with Crippen LogP contribution in [0.5, 0.6) is 17.2 Å². The summed E-state index contributed by atoms with van der Waals surface area (Å²) in [6.45, 7) is 5.18. The van der Waals surface area contributed by atoms with Gasteiger partial charge in [-0.3, -0.25) is 0 Å². The predicted octanol–water partition coefficient (Wildman–Crippen LogP) is 3.50. The highest BCUT2D eigenvalue weighted by atomic mass is 16.7. The molecule has 1 N–H and O–H groups in total. The Balaban J connectivity index is 1.44. The van der Waals surface area contributed by atoms with Crippen LogP contribution in [0.25, 0.3) is 0 Å². The fraction of sp³-hybridized carbons (Fsp3) is 0.400. The van der Waals surface area contributed by atoms with Crippen molar-refractivity contribution in [3.05, 3.63) is 53.6 Å². The summed E-state index contributed by atoms with van der Waals surface area (Å²) < 4.78 is 16.8. The van der Waals surface area contributed by atoms with Gasteiger partial charge in [0.05, 0.1) is 6.61 Å². The van der Waals surface area contributed by atoms with Crippen molar-refractivity contribution in [2.24, 2.45) is 5.92 Å². The quantitative estimate of drug-likeness (QED) is 0.934. The summed E-state index contributed by atoms with van der Waals surface area (Å²) in [6, 6.07) is 14.7. The summed E-state index contributed by atoms with van der Waals surface area (Å²) in [7, 11) is 0. The summed E-state index contributed by atoms with van der Waals surface area (Å²) >= 11 is 0. The van der Waals surface area contributed by atoms with Crippen molar-refractivity contribution in [1.29, 1.82) is 0 Å². The first-order valence-corrected chi connectivity index (χ1v) is 8.59. The van der Waals surface area contributed by atoms with Crippen molar-refractivity contribution in [2.45, 2.75) is 19.3 Å². The van der Waals surface area contributed by atoms with Crippen LogP contribution in [0.15, 0.2) is 42.5 Å².